The fourth-order valence-electron chi connectivity index (χ4n) is 3.10. The molecule has 0 fully saturated rings. The number of hydrogen-bond acceptors (Lipinski definition) is 4. The molecule has 0 spiro atoms. The van der Waals surface area contributed by atoms with Crippen LogP contribution in [0.25, 0.3) is 0 Å². The van der Waals surface area contributed by atoms with Crippen molar-refractivity contribution in [3.63, 3.8) is 0 Å². The standard InChI is InChI=1S/C21H20N2O4/c24-19(15-10-4-5-11-16(15)21(26)27)23-18-13-7-6-12-17(18)20(25)22-14-8-2-1-3-9-14/h1-9,12-13,15-16H,10-11H2,(H,22,25)(H,23,24)(H,26,27)/p-1/t15-,16+/m0/s1. The highest BCUT2D eigenvalue weighted by Gasteiger charge is 2.30. The molecule has 0 saturated heterocycles. The Kier molecular flexibility index (Phi) is 5.66. The van der Waals surface area contributed by atoms with Crippen LogP contribution in [-0.2, 0) is 9.59 Å². The fourth-order valence-corrected chi connectivity index (χ4v) is 3.10. The number of carboxylic acid groups (broad SMARTS) is 1. The Morgan fingerprint density at radius 1 is 0.815 bits per heavy atom. The summed E-state index contributed by atoms with van der Waals surface area (Å²) in [5.41, 5.74) is 1.27. The molecule has 3 rings (SSSR count). The van der Waals surface area contributed by atoms with Gasteiger partial charge >= 0.3 is 0 Å². The van der Waals surface area contributed by atoms with E-state index in [2.05, 4.69) is 10.6 Å². The van der Waals surface area contributed by atoms with E-state index in [1.165, 1.54) is 0 Å². The predicted octanol–water partition coefficient (Wildman–Crippen LogP) is 2.21. The van der Waals surface area contributed by atoms with Crippen LogP contribution < -0.4 is 15.7 Å². The molecular formula is C21H19N2O4-. The van der Waals surface area contributed by atoms with Crippen LogP contribution in [0.15, 0.2) is 66.7 Å². The summed E-state index contributed by atoms with van der Waals surface area (Å²) in [6.45, 7) is 0. The minimum atomic E-state index is -1.24. The Labute approximate surface area is 156 Å². The van der Waals surface area contributed by atoms with Crippen LogP contribution in [0.4, 0.5) is 11.4 Å². The lowest BCUT2D eigenvalue weighted by Crippen LogP contribution is -2.41. The van der Waals surface area contributed by atoms with Crippen LogP contribution in [-0.4, -0.2) is 17.8 Å². The van der Waals surface area contributed by atoms with Crippen molar-refractivity contribution in [1.82, 2.24) is 0 Å². The molecular weight excluding hydrogens is 344 g/mol. The van der Waals surface area contributed by atoms with E-state index in [-0.39, 0.29) is 12.3 Å². The molecule has 2 N–H and O–H groups in total. The zero-order chi connectivity index (χ0) is 19.2. The summed E-state index contributed by atoms with van der Waals surface area (Å²) in [7, 11) is 0. The van der Waals surface area contributed by atoms with E-state index in [0.29, 0.717) is 23.4 Å². The van der Waals surface area contributed by atoms with Gasteiger partial charge in [-0.25, -0.2) is 0 Å². The van der Waals surface area contributed by atoms with Crippen molar-refractivity contribution < 1.29 is 19.5 Å². The Morgan fingerprint density at radius 3 is 2.15 bits per heavy atom. The maximum Gasteiger partial charge on any atom is 0.257 e. The van der Waals surface area contributed by atoms with Crippen LogP contribution >= 0.6 is 0 Å². The van der Waals surface area contributed by atoms with Gasteiger partial charge in [-0.3, -0.25) is 9.59 Å². The van der Waals surface area contributed by atoms with E-state index in [1.54, 1.807) is 60.7 Å². The van der Waals surface area contributed by atoms with Gasteiger partial charge < -0.3 is 20.5 Å². The third-order valence-corrected chi connectivity index (χ3v) is 4.53. The number of amides is 2. The molecule has 2 aromatic carbocycles. The number of hydrogen-bond donors (Lipinski definition) is 2. The monoisotopic (exact) mass is 363 g/mol. The third kappa shape index (κ3) is 4.41. The van der Waals surface area contributed by atoms with Crippen LogP contribution in [0, 0.1) is 11.8 Å². The number of carboxylic acids is 1. The number of benzene rings is 2. The molecule has 138 valence electrons. The molecule has 0 radical (unpaired) electrons. The van der Waals surface area contributed by atoms with Gasteiger partial charge in [-0.1, -0.05) is 42.5 Å². The lowest BCUT2D eigenvalue weighted by molar-refractivity contribution is -0.313. The van der Waals surface area contributed by atoms with Crippen LogP contribution in [0.5, 0.6) is 0 Å². The van der Waals surface area contributed by atoms with Crippen molar-refractivity contribution in [3.05, 3.63) is 72.3 Å². The first-order chi connectivity index (χ1) is 13.1. The Morgan fingerprint density at radius 2 is 1.44 bits per heavy atom. The first-order valence-electron chi connectivity index (χ1n) is 8.68. The second kappa shape index (κ2) is 8.31. The van der Waals surface area contributed by atoms with E-state index in [1.807, 2.05) is 6.07 Å². The molecule has 0 aliphatic heterocycles. The van der Waals surface area contributed by atoms with Crippen molar-refractivity contribution in [2.45, 2.75) is 12.8 Å². The van der Waals surface area contributed by atoms with Crippen LogP contribution in [0.1, 0.15) is 23.2 Å². The topological polar surface area (TPSA) is 98.3 Å². The van der Waals surface area contributed by atoms with Crippen molar-refractivity contribution in [3.8, 4) is 0 Å². The van der Waals surface area contributed by atoms with E-state index in [9.17, 15) is 19.5 Å². The van der Waals surface area contributed by atoms with Crippen LogP contribution in [0.2, 0.25) is 0 Å². The highest BCUT2D eigenvalue weighted by Crippen LogP contribution is 2.27. The number of carbonyl (C=O) groups is 3. The number of para-hydroxylation sites is 2. The summed E-state index contributed by atoms with van der Waals surface area (Å²) in [6, 6.07) is 15.6. The Balaban J connectivity index is 1.77. The van der Waals surface area contributed by atoms with Gasteiger partial charge in [-0.05, 0) is 37.1 Å². The van der Waals surface area contributed by atoms with Crippen molar-refractivity contribution in [2.24, 2.45) is 11.8 Å². The normalized spacial score (nSPS) is 18.5. The summed E-state index contributed by atoms with van der Waals surface area (Å²) < 4.78 is 0. The van der Waals surface area contributed by atoms with Gasteiger partial charge in [0.05, 0.1) is 17.2 Å². The molecule has 2 aromatic rings. The molecule has 6 heteroatoms. The molecule has 1 aliphatic carbocycles. The van der Waals surface area contributed by atoms with E-state index >= 15 is 0 Å². The molecule has 1 aliphatic rings. The summed E-state index contributed by atoms with van der Waals surface area (Å²) in [4.78, 5) is 36.5. The maximum absolute atomic E-state index is 12.6. The minimum Gasteiger partial charge on any atom is -0.550 e. The number of aliphatic carboxylic acids is 1. The minimum absolute atomic E-state index is 0.260. The number of carbonyl (C=O) groups excluding carboxylic acids is 3. The third-order valence-electron chi connectivity index (χ3n) is 4.53. The number of allylic oxidation sites excluding steroid dienone is 2. The predicted molar refractivity (Wildman–Crippen MR) is 99.8 cm³/mol. The first-order valence-corrected chi connectivity index (χ1v) is 8.68. The van der Waals surface area contributed by atoms with Gasteiger partial charge in [0.25, 0.3) is 5.91 Å². The highest BCUT2D eigenvalue weighted by atomic mass is 16.4. The maximum atomic E-state index is 12.6. The van der Waals surface area contributed by atoms with Gasteiger partial charge in [-0.2, -0.15) is 0 Å². The quantitative estimate of drug-likeness (QED) is 0.796. The number of nitrogens with one attached hydrogen (secondary N) is 2. The molecule has 0 aromatic heterocycles. The zero-order valence-electron chi connectivity index (χ0n) is 14.6. The van der Waals surface area contributed by atoms with Crippen molar-refractivity contribution in [2.75, 3.05) is 10.6 Å². The second-order valence-corrected chi connectivity index (χ2v) is 6.33. The van der Waals surface area contributed by atoms with Crippen LogP contribution in [0.3, 0.4) is 0 Å². The highest BCUT2D eigenvalue weighted by molar-refractivity contribution is 6.10. The summed E-state index contributed by atoms with van der Waals surface area (Å²) in [5, 5.41) is 16.8. The number of anilines is 2. The van der Waals surface area contributed by atoms with Gasteiger partial charge in [0.15, 0.2) is 0 Å². The largest absolute Gasteiger partial charge is 0.550 e. The van der Waals surface area contributed by atoms with Gasteiger partial charge in [0.2, 0.25) is 5.91 Å². The van der Waals surface area contributed by atoms with Crippen molar-refractivity contribution in [1.29, 1.82) is 0 Å². The van der Waals surface area contributed by atoms with Gasteiger partial charge in [0.1, 0.15) is 0 Å². The molecule has 27 heavy (non-hydrogen) atoms. The molecule has 0 unspecified atom stereocenters. The van der Waals surface area contributed by atoms with E-state index < -0.39 is 23.7 Å². The Hall–Kier alpha value is -3.41. The molecule has 0 saturated carbocycles. The molecule has 0 bridgehead atoms. The van der Waals surface area contributed by atoms with Crippen molar-refractivity contribution >= 4 is 29.2 Å². The van der Waals surface area contributed by atoms with Gasteiger partial charge in [0, 0.05) is 17.6 Å². The zero-order valence-corrected chi connectivity index (χ0v) is 14.6. The van der Waals surface area contributed by atoms with Gasteiger partial charge in [-0.15, -0.1) is 0 Å². The average Bonchev–Trinajstić information content (AvgIpc) is 2.69. The molecule has 6 nitrogen and oxygen atoms in total. The smallest absolute Gasteiger partial charge is 0.257 e. The Bertz CT molecular complexity index is 877. The summed E-state index contributed by atoms with van der Waals surface area (Å²) in [5.74, 6) is -3.65. The summed E-state index contributed by atoms with van der Waals surface area (Å²) in [6.07, 6.45) is 4.11. The first kappa shape index (κ1) is 18.4. The molecule has 2 amide bonds. The summed E-state index contributed by atoms with van der Waals surface area (Å²) >= 11 is 0. The average molecular weight is 363 g/mol. The lowest BCUT2D eigenvalue weighted by Gasteiger charge is -2.28. The molecule has 2 atom stereocenters. The fraction of sp³-hybridized carbons (Fsp3) is 0.190. The number of rotatable bonds is 5. The lowest BCUT2D eigenvalue weighted by atomic mass is 9.82. The van der Waals surface area contributed by atoms with E-state index in [4.69, 9.17) is 0 Å². The van der Waals surface area contributed by atoms with E-state index in [0.717, 1.165) is 0 Å². The molecule has 0 heterocycles. The second-order valence-electron chi connectivity index (χ2n) is 6.33. The SMILES string of the molecule is O=C(Nc1ccccc1)c1ccccc1NC(=O)[C@H]1CC=CC[C@H]1C(=O)[O-].